The van der Waals surface area contributed by atoms with Gasteiger partial charge in [-0.25, -0.2) is 0 Å². The summed E-state index contributed by atoms with van der Waals surface area (Å²) in [6.07, 6.45) is 1.09. The van der Waals surface area contributed by atoms with E-state index >= 15 is 0 Å². The molecule has 3 aliphatic rings. The predicted molar refractivity (Wildman–Crippen MR) is 127 cm³/mol. The number of fused-ring (bicyclic) bond motifs is 1. The molecule has 0 spiro atoms. The molecule has 1 saturated heterocycles. The molecule has 1 heterocycles. The molecule has 2 unspecified atom stereocenters. The van der Waals surface area contributed by atoms with E-state index in [0.717, 1.165) is 45.7 Å². The van der Waals surface area contributed by atoms with Crippen LogP contribution >= 0.6 is 0 Å². The molecule has 2 aliphatic carbocycles. The zero-order valence-corrected chi connectivity index (χ0v) is 19.1. The van der Waals surface area contributed by atoms with Crippen molar-refractivity contribution in [3.05, 3.63) is 82.4 Å². The number of hydrogen-bond donors (Lipinski definition) is 0. The van der Waals surface area contributed by atoms with Gasteiger partial charge in [0.15, 0.2) is 11.6 Å². The lowest BCUT2D eigenvalue weighted by molar-refractivity contribution is -0.122. The van der Waals surface area contributed by atoms with E-state index in [1.165, 1.54) is 5.56 Å². The van der Waals surface area contributed by atoms with Gasteiger partial charge in [0.1, 0.15) is 5.78 Å². The molecule has 0 aromatic heterocycles. The molecule has 5 heteroatoms. The van der Waals surface area contributed by atoms with Crippen molar-refractivity contribution in [1.29, 1.82) is 0 Å². The molecular formula is C28H30N2O3. The van der Waals surface area contributed by atoms with E-state index in [4.69, 9.17) is 0 Å². The number of rotatable bonds is 5. The van der Waals surface area contributed by atoms with E-state index in [2.05, 4.69) is 34.1 Å². The second kappa shape index (κ2) is 9.16. The standard InChI is InChI=1S/C28H30N2O3/c1-19-24(31)17-21(26-25(19)27(32)22-9-5-6-10-23(22)28(26)33)11-12-29-13-15-30(16-14-29)18-20-7-3-2-4-8-20/h2-10,19,21H,11-18H2,1H3. The maximum Gasteiger partial charge on any atom is 0.190 e. The highest BCUT2D eigenvalue weighted by molar-refractivity contribution is 6.29. The van der Waals surface area contributed by atoms with Gasteiger partial charge in [-0.1, -0.05) is 61.5 Å². The molecule has 1 fully saturated rings. The molecule has 0 N–H and O–H groups in total. The third kappa shape index (κ3) is 4.23. The molecule has 2 atom stereocenters. The number of benzene rings is 2. The molecule has 170 valence electrons. The van der Waals surface area contributed by atoms with Crippen molar-refractivity contribution in [2.24, 2.45) is 11.8 Å². The Bertz CT molecular complexity index is 1110. The number of hydrogen-bond acceptors (Lipinski definition) is 5. The van der Waals surface area contributed by atoms with Crippen LogP contribution in [0.2, 0.25) is 0 Å². The predicted octanol–water partition coefficient (Wildman–Crippen LogP) is 3.80. The first kappa shape index (κ1) is 21.9. The molecule has 2 aromatic carbocycles. The summed E-state index contributed by atoms with van der Waals surface area (Å²) in [5, 5.41) is 0. The molecule has 0 bridgehead atoms. The van der Waals surface area contributed by atoms with E-state index in [1.54, 1.807) is 31.2 Å². The third-order valence-electron chi connectivity index (χ3n) is 7.48. The smallest absolute Gasteiger partial charge is 0.190 e. The minimum atomic E-state index is -0.498. The zero-order chi connectivity index (χ0) is 22.9. The Labute approximate surface area is 195 Å². The van der Waals surface area contributed by atoms with Gasteiger partial charge in [0.2, 0.25) is 0 Å². The fourth-order valence-electron chi connectivity index (χ4n) is 5.53. The SMILES string of the molecule is CC1C(=O)CC(CCN2CCN(Cc3ccccc3)CC2)C2=C1C(=O)c1ccccc1C2=O. The summed E-state index contributed by atoms with van der Waals surface area (Å²) in [5.74, 6) is -0.789. The van der Waals surface area contributed by atoms with Gasteiger partial charge in [-0.2, -0.15) is 0 Å². The summed E-state index contributed by atoms with van der Waals surface area (Å²) in [6.45, 7) is 7.56. The summed E-state index contributed by atoms with van der Waals surface area (Å²) in [6, 6.07) is 17.6. The molecule has 1 aliphatic heterocycles. The van der Waals surface area contributed by atoms with Gasteiger partial charge in [-0.15, -0.1) is 0 Å². The highest BCUT2D eigenvalue weighted by atomic mass is 16.1. The molecule has 5 rings (SSSR count). The first-order valence-corrected chi connectivity index (χ1v) is 12.0. The number of ketones is 3. The van der Waals surface area contributed by atoms with Crippen LogP contribution in [0.25, 0.3) is 0 Å². The van der Waals surface area contributed by atoms with Crippen molar-refractivity contribution in [1.82, 2.24) is 9.80 Å². The van der Waals surface area contributed by atoms with E-state index in [0.29, 0.717) is 28.7 Å². The fourth-order valence-corrected chi connectivity index (χ4v) is 5.53. The Hall–Kier alpha value is -2.89. The van der Waals surface area contributed by atoms with Crippen LogP contribution in [-0.2, 0) is 11.3 Å². The van der Waals surface area contributed by atoms with Crippen LogP contribution in [0.15, 0.2) is 65.7 Å². The summed E-state index contributed by atoms with van der Waals surface area (Å²) in [5.41, 5.74) is 3.32. The second-order valence-electron chi connectivity index (χ2n) is 9.51. The van der Waals surface area contributed by atoms with Crippen molar-refractivity contribution in [3.8, 4) is 0 Å². The fraction of sp³-hybridized carbons (Fsp3) is 0.393. The van der Waals surface area contributed by atoms with Gasteiger partial charge in [-0.3, -0.25) is 19.3 Å². The van der Waals surface area contributed by atoms with Crippen LogP contribution < -0.4 is 0 Å². The van der Waals surface area contributed by atoms with E-state index < -0.39 is 5.92 Å². The normalized spacial score (nSPS) is 24.1. The summed E-state index contributed by atoms with van der Waals surface area (Å²) in [4.78, 5) is 44.3. The maximum atomic E-state index is 13.4. The van der Waals surface area contributed by atoms with Crippen LogP contribution in [0, 0.1) is 11.8 Å². The lowest BCUT2D eigenvalue weighted by Gasteiger charge is -2.37. The van der Waals surface area contributed by atoms with Gasteiger partial charge in [0, 0.05) is 67.3 Å². The first-order chi connectivity index (χ1) is 16.0. The van der Waals surface area contributed by atoms with Crippen molar-refractivity contribution >= 4 is 17.3 Å². The minimum Gasteiger partial charge on any atom is -0.301 e. The molecule has 2 aromatic rings. The van der Waals surface area contributed by atoms with Gasteiger partial charge < -0.3 is 4.90 Å². The Kier molecular flexibility index (Phi) is 6.09. The largest absolute Gasteiger partial charge is 0.301 e. The summed E-state index contributed by atoms with van der Waals surface area (Å²) < 4.78 is 0. The van der Waals surface area contributed by atoms with Crippen LogP contribution in [0.5, 0.6) is 0 Å². The van der Waals surface area contributed by atoms with Crippen LogP contribution in [0.4, 0.5) is 0 Å². The number of carbonyl (C=O) groups is 3. The molecule has 0 amide bonds. The molecule has 0 saturated carbocycles. The molecule has 0 radical (unpaired) electrons. The zero-order valence-electron chi connectivity index (χ0n) is 19.1. The Morgan fingerprint density at radius 2 is 1.33 bits per heavy atom. The van der Waals surface area contributed by atoms with Crippen molar-refractivity contribution in [2.75, 3.05) is 32.7 Å². The Morgan fingerprint density at radius 3 is 2.00 bits per heavy atom. The Balaban J connectivity index is 1.26. The lowest BCUT2D eigenvalue weighted by Crippen LogP contribution is -2.46. The quantitative estimate of drug-likeness (QED) is 0.705. The highest BCUT2D eigenvalue weighted by Gasteiger charge is 2.43. The highest BCUT2D eigenvalue weighted by Crippen LogP contribution is 2.41. The molecular weight excluding hydrogens is 412 g/mol. The van der Waals surface area contributed by atoms with Crippen LogP contribution in [0.1, 0.15) is 46.0 Å². The number of carbonyl (C=O) groups excluding carboxylic acids is 3. The molecule has 5 nitrogen and oxygen atoms in total. The summed E-state index contributed by atoms with van der Waals surface area (Å²) in [7, 11) is 0. The third-order valence-corrected chi connectivity index (χ3v) is 7.48. The van der Waals surface area contributed by atoms with Crippen LogP contribution in [-0.4, -0.2) is 59.9 Å². The van der Waals surface area contributed by atoms with Crippen molar-refractivity contribution in [2.45, 2.75) is 26.3 Å². The number of allylic oxidation sites excluding steroid dienone is 2. The number of nitrogens with zero attached hydrogens (tertiary/aromatic N) is 2. The first-order valence-electron chi connectivity index (χ1n) is 12.0. The molecule has 33 heavy (non-hydrogen) atoms. The van der Waals surface area contributed by atoms with Crippen molar-refractivity contribution < 1.29 is 14.4 Å². The topological polar surface area (TPSA) is 57.7 Å². The van der Waals surface area contributed by atoms with E-state index in [9.17, 15) is 14.4 Å². The van der Waals surface area contributed by atoms with E-state index in [-0.39, 0.29) is 23.3 Å². The average Bonchev–Trinajstić information content (AvgIpc) is 2.84. The van der Waals surface area contributed by atoms with Crippen LogP contribution in [0.3, 0.4) is 0 Å². The van der Waals surface area contributed by atoms with Gasteiger partial charge in [0.05, 0.1) is 0 Å². The average molecular weight is 443 g/mol. The van der Waals surface area contributed by atoms with E-state index in [1.807, 2.05) is 6.07 Å². The number of Topliss-reactive ketones (excluding diaryl/α,β-unsaturated/α-hetero) is 3. The Morgan fingerprint density at radius 1 is 0.758 bits per heavy atom. The minimum absolute atomic E-state index is 0.0581. The van der Waals surface area contributed by atoms with Gasteiger partial charge in [0.25, 0.3) is 0 Å². The van der Waals surface area contributed by atoms with Gasteiger partial charge >= 0.3 is 0 Å². The maximum absolute atomic E-state index is 13.4. The van der Waals surface area contributed by atoms with Crippen molar-refractivity contribution in [3.63, 3.8) is 0 Å². The van der Waals surface area contributed by atoms with Gasteiger partial charge in [-0.05, 0) is 24.4 Å². The lowest BCUT2D eigenvalue weighted by atomic mass is 9.67. The second-order valence-corrected chi connectivity index (χ2v) is 9.51. The monoisotopic (exact) mass is 442 g/mol. The number of piperazine rings is 1. The summed E-state index contributed by atoms with van der Waals surface area (Å²) >= 11 is 0.